The fraction of sp³-hybridized carbons (Fsp3) is 0.846. The third-order valence-electron chi connectivity index (χ3n) is 4.14. The lowest BCUT2D eigenvalue weighted by Gasteiger charge is -2.34. The second-order valence-corrected chi connectivity index (χ2v) is 6.30. The number of nitrogens with one attached hydrogen (secondary N) is 1. The number of nitrogens with zero attached hydrogens (tertiary/aromatic N) is 3. The SMILES string of the molecule is CCNC1(CO)CCCC1CCSc1ncnn1C. The molecule has 0 radical (unpaired) electrons. The van der Waals surface area contributed by atoms with Crippen LogP contribution in [0.5, 0.6) is 0 Å². The van der Waals surface area contributed by atoms with Gasteiger partial charge in [0.1, 0.15) is 6.33 Å². The van der Waals surface area contributed by atoms with Crippen LogP contribution in [0.15, 0.2) is 11.5 Å². The van der Waals surface area contributed by atoms with Gasteiger partial charge in [0.15, 0.2) is 5.16 Å². The van der Waals surface area contributed by atoms with Gasteiger partial charge < -0.3 is 10.4 Å². The molecule has 0 aliphatic heterocycles. The van der Waals surface area contributed by atoms with E-state index in [4.69, 9.17) is 0 Å². The second kappa shape index (κ2) is 6.72. The topological polar surface area (TPSA) is 63.0 Å². The number of aliphatic hydroxyl groups excluding tert-OH is 1. The van der Waals surface area contributed by atoms with E-state index in [1.807, 2.05) is 11.7 Å². The minimum Gasteiger partial charge on any atom is -0.394 e. The molecule has 1 aliphatic carbocycles. The summed E-state index contributed by atoms with van der Waals surface area (Å²) >= 11 is 1.75. The highest BCUT2D eigenvalue weighted by atomic mass is 32.2. The van der Waals surface area contributed by atoms with E-state index < -0.39 is 0 Å². The quantitative estimate of drug-likeness (QED) is 0.742. The van der Waals surface area contributed by atoms with Crippen LogP contribution in [0.4, 0.5) is 0 Å². The molecule has 108 valence electrons. The predicted octanol–water partition coefficient (Wildman–Crippen LogP) is 1.44. The summed E-state index contributed by atoms with van der Waals surface area (Å²) in [7, 11) is 1.92. The molecule has 0 saturated heterocycles. The Hall–Kier alpha value is -0.590. The van der Waals surface area contributed by atoms with Crippen LogP contribution in [0, 0.1) is 5.92 Å². The normalized spacial score (nSPS) is 27.0. The Bertz CT molecular complexity index is 398. The highest BCUT2D eigenvalue weighted by Crippen LogP contribution is 2.38. The van der Waals surface area contributed by atoms with Gasteiger partial charge in [-0.1, -0.05) is 25.1 Å². The summed E-state index contributed by atoms with van der Waals surface area (Å²) < 4.78 is 1.81. The maximum Gasteiger partial charge on any atom is 0.185 e. The van der Waals surface area contributed by atoms with Crippen LogP contribution >= 0.6 is 11.8 Å². The van der Waals surface area contributed by atoms with Crippen LogP contribution in [0.1, 0.15) is 32.6 Å². The van der Waals surface area contributed by atoms with Gasteiger partial charge >= 0.3 is 0 Å². The van der Waals surface area contributed by atoms with Crippen LogP contribution in [0.3, 0.4) is 0 Å². The Kier molecular flexibility index (Phi) is 5.24. The number of aromatic nitrogens is 3. The smallest absolute Gasteiger partial charge is 0.185 e. The van der Waals surface area contributed by atoms with Crippen molar-refractivity contribution in [1.29, 1.82) is 0 Å². The Morgan fingerprint density at radius 1 is 1.63 bits per heavy atom. The van der Waals surface area contributed by atoms with Crippen molar-refractivity contribution >= 4 is 11.8 Å². The van der Waals surface area contributed by atoms with E-state index in [0.29, 0.717) is 5.92 Å². The Morgan fingerprint density at radius 2 is 2.47 bits per heavy atom. The molecule has 19 heavy (non-hydrogen) atoms. The van der Waals surface area contributed by atoms with Crippen LogP contribution in [0.2, 0.25) is 0 Å². The number of aliphatic hydroxyl groups is 1. The van der Waals surface area contributed by atoms with Gasteiger partial charge in [-0.2, -0.15) is 5.10 Å². The molecule has 0 spiro atoms. The zero-order valence-corrected chi connectivity index (χ0v) is 12.6. The van der Waals surface area contributed by atoms with Crippen LogP contribution in [-0.2, 0) is 7.05 Å². The molecule has 1 aromatic rings. The lowest BCUT2D eigenvalue weighted by Crippen LogP contribution is -2.51. The molecule has 1 aliphatic rings. The molecule has 6 heteroatoms. The molecule has 1 saturated carbocycles. The highest BCUT2D eigenvalue weighted by molar-refractivity contribution is 7.99. The third-order valence-corrected chi connectivity index (χ3v) is 5.20. The van der Waals surface area contributed by atoms with Crippen molar-refractivity contribution in [1.82, 2.24) is 20.1 Å². The van der Waals surface area contributed by atoms with E-state index in [9.17, 15) is 5.11 Å². The first-order valence-electron chi connectivity index (χ1n) is 7.04. The van der Waals surface area contributed by atoms with E-state index in [0.717, 1.165) is 30.3 Å². The number of rotatable bonds is 7. The van der Waals surface area contributed by atoms with Gasteiger partial charge in [-0.05, 0) is 31.7 Å². The molecule has 2 N–H and O–H groups in total. The van der Waals surface area contributed by atoms with E-state index in [2.05, 4.69) is 22.3 Å². The van der Waals surface area contributed by atoms with Crippen molar-refractivity contribution in [2.45, 2.75) is 43.3 Å². The van der Waals surface area contributed by atoms with Gasteiger partial charge in [-0.15, -0.1) is 0 Å². The molecule has 5 nitrogen and oxygen atoms in total. The average molecular weight is 284 g/mol. The summed E-state index contributed by atoms with van der Waals surface area (Å²) in [5.41, 5.74) is -0.0464. The minimum absolute atomic E-state index is 0.0464. The molecule has 2 rings (SSSR count). The Morgan fingerprint density at radius 3 is 3.11 bits per heavy atom. The molecule has 2 unspecified atom stereocenters. The number of thioether (sulfide) groups is 1. The molecule has 0 amide bonds. The van der Waals surface area contributed by atoms with E-state index in [-0.39, 0.29) is 12.1 Å². The third kappa shape index (κ3) is 3.30. The number of aryl methyl sites for hydroxylation is 1. The Balaban J connectivity index is 1.86. The molecule has 1 heterocycles. The van der Waals surface area contributed by atoms with Crippen molar-refractivity contribution < 1.29 is 5.11 Å². The summed E-state index contributed by atoms with van der Waals surface area (Å²) in [5.74, 6) is 1.60. The van der Waals surface area contributed by atoms with Gasteiger partial charge in [0, 0.05) is 18.3 Å². The number of likely N-dealkylation sites (N-methyl/N-ethyl adjacent to an activating group) is 1. The van der Waals surface area contributed by atoms with Crippen LogP contribution < -0.4 is 5.32 Å². The maximum atomic E-state index is 9.75. The largest absolute Gasteiger partial charge is 0.394 e. The molecule has 0 bridgehead atoms. The summed E-state index contributed by atoms with van der Waals surface area (Å²) in [6, 6.07) is 0. The van der Waals surface area contributed by atoms with Crippen molar-refractivity contribution in [3.8, 4) is 0 Å². The van der Waals surface area contributed by atoms with Gasteiger partial charge in [0.25, 0.3) is 0 Å². The van der Waals surface area contributed by atoms with Crippen LogP contribution in [-0.4, -0.2) is 44.3 Å². The molecule has 2 atom stereocenters. The first-order chi connectivity index (χ1) is 9.22. The first-order valence-corrected chi connectivity index (χ1v) is 8.03. The predicted molar refractivity (Wildman–Crippen MR) is 77.2 cm³/mol. The zero-order chi connectivity index (χ0) is 13.7. The molecular weight excluding hydrogens is 260 g/mol. The van der Waals surface area contributed by atoms with Crippen molar-refractivity contribution in [3.63, 3.8) is 0 Å². The highest BCUT2D eigenvalue weighted by Gasteiger charge is 2.41. The lowest BCUT2D eigenvalue weighted by atomic mass is 9.86. The molecule has 0 aromatic carbocycles. The first kappa shape index (κ1) is 14.8. The Labute approximate surface area is 119 Å². The fourth-order valence-corrected chi connectivity index (χ4v) is 4.06. The number of hydrogen-bond acceptors (Lipinski definition) is 5. The van der Waals surface area contributed by atoms with Crippen molar-refractivity contribution in [3.05, 3.63) is 6.33 Å². The van der Waals surface area contributed by atoms with Gasteiger partial charge in [0.2, 0.25) is 0 Å². The van der Waals surface area contributed by atoms with Gasteiger partial charge in [-0.25, -0.2) is 9.67 Å². The van der Waals surface area contributed by atoms with E-state index >= 15 is 0 Å². The average Bonchev–Trinajstić information content (AvgIpc) is 2.99. The maximum absolute atomic E-state index is 9.75. The van der Waals surface area contributed by atoms with Crippen LogP contribution in [0.25, 0.3) is 0 Å². The molecule has 1 aromatic heterocycles. The standard InChI is InChI=1S/C13H24N4OS/c1-3-15-13(9-18)7-4-5-11(13)6-8-19-12-14-10-16-17(12)2/h10-11,15,18H,3-9H2,1-2H3. The lowest BCUT2D eigenvalue weighted by molar-refractivity contribution is 0.124. The summed E-state index contributed by atoms with van der Waals surface area (Å²) in [6.45, 7) is 3.29. The second-order valence-electron chi connectivity index (χ2n) is 5.24. The summed E-state index contributed by atoms with van der Waals surface area (Å²) in [4.78, 5) is 4.22. The number of hydrogen-bond donors (Lipinski definition) is 2. The zero-order valence-electron chi connectivity index (χ0n) is 11.8. The summed E-state index contributed by atoms with van der Waals surface area (Å²) in [5, 5.41) is 18.3. The monoisotopic (exact) mass is 284 g/mol. The van der Waals surface area contributed by atoms with Crippen molar-refractivity contribution in [2.24, 2.45) is 13.0 Å². The minimum atomic E-state index is -0.0464. The van der Waals surface area contributed by atoms with Gasteiger partial charge in [0.05, 0.1) is 6.61 Å². The molecular formula is C13H24N4OS. The van der Waals surface area contributed by atoms with Gasteiger partial charge in [-0.3, -0.25) is 0 Å². The van der Waals surface area contributed by atoms with Crippen molar-refractivity contribution in [2.75, 3.05) is 18.9 Å². The van der Waals surface area contributed by atoms with E-state index in [1.54, 1.807) is 18.1 Å². The summed E-state index contributed by atoms with van der Waals surface area (Å²) in [6.07, 6.45) is 6.23. The molecule has 1 fully saturated rings. The fourth-order valence-electron chi connectivity index (χ4n) is 3.12. The van der Waals surface area contributed by atoms with E-state index in [1.165, 1.54) is 12.8 Å².